The summed E-state index contributed by atoms with van der Waals surface area (Å²) in [5, 5.41) is 6.17. The number of carbonyl (C=O) groups is 2. The van der Waals surface area contributed by atoms with Crippen LogP contribution < -0.4 is 10.6 Å². The molecule has 120 valence electrons. The van der Waals surface area contributed by atoms with Crippen molar-refractivity contribution in [2.45, 2.75) is 32.6 Å². The lowest BCUT2D eigenvalue weighted by atomic mass is 9.93. The van der Waals surface area contributed by atoms with Crippen LogP contribution in [0.2, 0.25) is 0 Å². The molecular formula is C17H24N2O3. The molecule has 2 N–H and O–H groups in total. The van der Waals surface area contributed by atoms with Crippen LogP contribution in [0.3, 0.4) is 0 Å². The zero-order valence-electron chi connectivity index (χ0n) is 13.3. The van der Waals surface area contributed by atoms with E-state index in [1.54, 1.807) is 6.07 Å². The molecule has 0 spiro atoms. The van der Waals surface area contributed by atoms with Gasteiger partial charge in [-0.1, -0.05) is 12.1 Å². The van der Waals surface area contributed by atoms with E-state index in [9.17, 15) is 9.59 Å². The minimum absolute atomic E-state index is 0.0470. The average Bonchev–Trinajstić information content (AvgIpc) is 2.53. The van der Waals surface area contributed by atoms with Gasteiger partial charge in [0.05, 0.1) is 18.4 Å². The number of methoxy groups -OCH3 is 1. The van der Waals surface area contributed by atoms with Crippen molar-refractivity contribution in [3.8, 4) is 0 Å². The summed E-state index contributed by atoms with van der Waals surface area (Å²) in [5.41, 5.74) is 1.75. The second-order valence-corrected chi connectivity index (χ2v) is 5.77. The summed E-state index contributed by atoms with van der Waals surface area (Å²) >= 11 is 0. The van der Waals surface area contributed by atoms with Crippen LogP contribution in [0, 0.1) is 12.8 Å². The molecule has 0 saturated carbocycles. The van der Waals surface area contributed by atoms with Crippen molar-refractivity contribution < 1.29 is 14.3 Å². The van der Waals surface area contributed by atoms with Crippen LogP contribution in [0.1, 0.15) is 41.6 Å². The fourth-order valence-electron chi connectivity index (χ4n) is 2.86. The van der Waals surface area contributed by atoms with Crippen molar-refractivity contribution in [2.24, 2.45) is 5.92 Å². The van der Waals surface area contributed by atoms with Crippen molar-refractivity contribution in [3.63, 3.8) is 0 Å². The van der Waals surface area contributed by atoms with Gasteiger partial charge in [-0.05, 0) is 56.8 Å². The first kappa shape index (κ1) is 16.5. The molecule has 1 aromatic carbocycles. The number of carbonyl (C=O) groups excluding carboxylic acids is 2. The van der Waals surface area contributed by atoms with Gasteiger partial charge < -0.3 is 15.4 Å². The van der Waals surface area contributed by atoms with E-state index in [2.05, 4.69) is 10.6 Å². The van der Waals surface area contributed by atoms with Gasteiger partial charge in [0.15, 0.2) is 0 Å². The summed E-state index contributed by atoms with van der Waals surface area (Å²) in [6, 6.07) is 5.39. The Bertz CT molecular complexity index is 537. The second kappa shape index (κ2) is 7.94. The maximum Gasteiger partial charge on any atom is 0.340 e. The van der Waals surface area contributed by atoms with Gasteiger partial charge in [0, 0.05) is 6.42 Å². The van der Waals surface area contributed by atoms with Crippen molar-refractivity contribution >= 4 is 17.6 Å². The van der Waals surface area contributed by atoms with Crippen LogP contribution >= 0.6 is 0 Å². The van der Waals surface area contributed by atoms with Crippen LogP contribution in [0.15, 0.2) is 18.2 Å². The lowest BCUT2D eigenvalue weighted by molar-refractivity contribution is -0.116. The molecule has 0 aromatic heterocycles. The SMILES string of the molecule is COC(=O)c1c(C)cccc1NC(=O)CCC1CCNCC1. The van der Waals surface area contributed by atoms with Crippen molar-refractivity contribution in [1.29, 1.82) is 0 Å². The first-order valence-corrected chi connectivity index (χ1v) is 7.80. The van der Waals surface area contributed by atoms with Crippen molar-refractivity contribution in [3.05, 3.63) is 29.3 Å². The highest BCUT2D eigenvalue weighted by atomic mass is 16.5. The topological polar surface area (TPSA) is 67.4 Å². The highest BCUT2D eigenvalue weighted by molar-refractivity contribution is 6.02. The summed E-state index contributed by atoms with van der Waals surface area (Å²) in [5.74, 6) is 0.144. The summed E-state index contributed by atoms with van der Waals surface area (Å²) in [4.78, 5) is 24.0. The molecule has 0 unspecified atom stereocenters. The summed E-state index contributed by atoms with van der Waals surface area (Å²) in [7, 11) is 1.34. The van der Waals surface area contributed by atoms with Crippen molar-refractivity contribution in [1.82, 2.24) is 5.32 Å². The molecule has 0 aliphatic carbocycles. The normalized spacial score (nSPS) is 15.4. The smallest absolute Gasteiger partial charge is 0.340 e. The van der Waals surface area contributed by atoms with Crippen LogP contribution in [-0.4, -0.2) is 32.1 Å². The Morgan fingerprint density at radius 1 is 1.32 bits per heavy atom. The molecule has 1 aliphatic heterocycles. The Morgan fingerprint density at radius 2 is 2.05 bits per heavy atom. The van der Waals surface area contributed by atoms with Gasteiger partial charge in [0.2, 0.25) is 5.91 Å². The van der Waals surface area contributed by atoms with Gasteiger partial charge in [-0.25, -0.2) is 4.79 Å². The molecule has 1 saturated heterocycles. The van der Waals surface area contributed by atoms with E-state index >= 15 is 0 Å². The first-order valence-electron chi connectivity index (χ1n) is 7.80. The van der Waals surface area contributed by atoms with E-state index in [1.807, 2.05) is 19.1 Å². The number of amides is 1. The second-order valence-electron chi connectivity index (χ2n) is 5.77. The van der Waals surface area contributed by atoms with Crippen LogP contribution in [0.4, 0.5) is 5.69 Å². The maximum atomic E-state index is 12.2. The average molecular weight is 304 g/mol. The first-order chi connectivity index (χ1) is 10.6. The zero-order chi connectivity index (χ0) is 15.9. The Balaban J connectivity index is 1.96. The van der Waals surface area contributed by atoms with Gasteiger partial charge in [-0.15, -0.1) is 0 Å². The number of esters is 1. The minimum atomic E-state index is -0.424. The number of nitrogens with one attached hydrogen (secondary N) is 2. The third-order valence-corrected chi connectivity index (χ3v) is 4.17. The molecular weight excluding hydrogens is 280 g/mol. The Kier molecular flexibility index (Phi) is 5.95. The van der Waals surface area contributed by atoms with E-state index in [-0.39, 0.29) is 5.91 Å². The number of aryl methyl sites for hydroxylation is 1. The monoisotopic (exact) mass is 304 g/mol. The van der Waals surface area contributed by atoms with Crippen LogP contribution in [-0.2, 0) is 9.53 Å². The molecule has 22 heavy (non-hydrogen) atoms. The third-order valence-electron chi connectivity index (χ3n) is 4.17. The summed E-state index contributed by atoms with van der Waals surface area (Å²) < 4.78 is 4.80. The Hall–Kier alpha value is -1.88. The summed E-state index contributed by atoms with van der Waals surface area (Å²) in [6.45, 7) is 3.91. The third kappa shape index (κ3) is 4.31. The standard InChI is InChI=1S/C17H24N2O3/c1-12-4-3-5-14(16(12)17(21)22-2)19-15(20)7-6-13-8-10-18-11-9-13/h3-5,13,18H,6-11H2,1-2H3,(H,19,20). The predicted octanol–water partition coefficient (Wildman–Crippen LogP) is 2.50. The summed E-state index contributed by atoms with van der Waals surface area (Å²) in [6.07, 6.45) is 3.64. The van der Waals surface area contributed by atoms with Gasteiger partial charge in [0.25, 0.3) is 0 Å². The Labute approximate surface area is 131 Å². The van der Waals surface area contributed by atoms with E-state index < -0.39 is 5.97 Å². The van der Waals surface area contributed by atoms with E-state index in [0.29, 0.717) is 23.6 Å². The molecule has 1 amide bonds. The molecule has 1 fully saturated rings. The zero-order valence-corrected chi connectivity index (χ0v) is 13.3. The molecule has 0 radical (unpaired) electrons. The highest BCUT2D eigenvalue weighted by Gasteiger charge is 2.18. The largest absolute Gasteiger partial charge is 0.465 e. The van der Waals surface area contributed by atoms with E-state index in [4.69, 9.17) is 4.74 Å². The quantitative estimate of drug-likeness (QED) is 0.820. The van der Waals surface area contributed by atoms with Gasteiger partial charge in [0.1, 0.15) is 0 Å². The molecule has 0 atom stereocenters. The number of piperidine rings is 1. The lowest BCUT2D eigenvalue weighted by Crippen LogP contribution is -2.28. The van der Waals surface area contributed by atoms with Crippen LogP contribution in [0.5, 0.6) is 0 Å². The van der Waals surface area contributed by atoms with Crippen molar-refractivity contribution in [2.75, 3.05) is 25.5 Å². The van der Waals surface area contributed by atoms with Gasteiger partial charge in [-0.3, -0.25) is 4.79 Å². The number of benzene rings is 1. The molecule has 1 aliphatic rings. The number of rotatable bonds is 5. The predicted molar refractivity (Wildman–Crippen MR) is 86.0 cm³/mol. The van der Waals surface area contributed by atoms with E-state index in [0.717, 1.165) is 37.9 Å². The molecule has 2 rings (SSSR count). The van der Waals surface area contributed by atoms with Gasteiger partial charge in [-0.2, -0.15) is 0 Å². The number of hydrogen-bond donors (Lipinski definition) is 2. The highest BCUT2D eigenvalue weighted by Crippen LogP contribution is 2.22. The fraction of sp³-hybridized carbons (Fsp3) is 0.529. The fourth-order valence-corrected chi connectivity index (χ4v) is 2.86. The molecule has 5 nitrogen and oxygen atoms in total. The number of ether oxygens (including phenoxy) is 1. The molecule has 1 aromatic rings. The molecule has 5 heteroatoms. The number of hydrogen-bond acceptors (Lipinski definition) is 4. The lowest BCUT2D eigenvalue weighted by Gasteiger charge is -2.22. The minimum Gasteiger partial charge on any atom is -0.465 e. The molecule has 1 heterocycles. The number of anilines is 1. The van der Waals surface area contributed by atoms with Crippen LogP contribution in [0.25, 0.3) is 0 Å². The van der Waals surface area contributed by atoms with E-state index in [1.165, 1.54) is 7.11 Å². The maximum absolute atomic E-state index is 12.2. The Morgan fingerprint density at radius 3 is 2.73 bits per heavy atom. The molecule has 0 bridgehead atoms. The van der Waals surface area contributed by atoms with Gasteiger partial charge >= 0.3 is 5.97 Å².